The molecule has 1 saturated heterocycles. The van der Waals surface area contributed by atoms with E-state index in [4.69, 9.17) is 26.1 Å². The molecule has 0 radical (unpaired) electrons. The van der Waals surface area contributed by atoms with E-state index in [1.54, 1.807) is 37.7 Å². The predicted octanol–water partition coefficient (Wildman–Crippen LogP) is 5.30. The van der Waals surface area contributed by atoms with Crippen LogP contribution < -0.4 is 9.47 Å². The number of piperidine rings is 1. The molecule has 0 spiro atoms. The number of carbonyl (C=O) groups excluding carboxylic acids is 1. The van der Waals surface area contributed by atoms with Gasteiger partial charge in [-0.15, -0.1) is 11.3 Å². The molecule has 0 atom stereocenters. The number of nitrogens with zero attached hydrogens (tertiary/aromatic N) is 2. The van der Waals surface area contributed by atoms with Gasteiger partial charge in [-0.2, -0.15) is 0 Å². The third-order valence-electron chi connectivity index (χ3n) is 5.50. The summed E-state index contributed by atoms with van der Waals surface area (Å²) in [4.78, 5) is 19.7. The quantitative estimate of drug-likeness (QED) is 0.564. The van der Waals surface area contributed by atoms with Crippen LogP contribution in [0.15, 0.2) is 30.3 Å². The second kappa shape index (κ2) is 8.20. The number of hydrogen-bond acceptors (Lipinski definition) is 5. The molecule has 3 aromatic rings. The lowest BCUT2D eigenvalue weighted by Crippen LogP contribution is -2.37. The van der Waals surface area contributed by atoms with Gasteiger partial charge in [-0.1, -0.05) is 11.6 Å². The van der Waals surface area contributed by atoms with E-state index in [2.05, 4.69) is 0 Å². The van der Waals surface area contributed by atoms with Crippen molar-refractivity contribution in [2.24, 2.45) is 0 Å². The van der Waals surface area contributed by atoms with E-state index >= 15 is 0 Å². The maximum atomic E-state index is 13.1. The summed E-state index contributed by atoms with van der Waals surface area (Å²) >= 11 is 7.81. The van der Waals surface area contributed by atoms with Crippen LogP contribution in [-0.2, 0) is 0 Å². The first kappa shape index (κ1) is 20.0. The molecule has 0 N–H and O–H groups in total. The van der Waals surface area contributed by atoms with Crippen LogP contribution >= 0.6 is 22.9 Å². The number of halogens is 1. The Morgan fingerprint density at radius 3 is 2.41 bits per heavy atom. The van der Waals surface area contributed by atoms with Crippen molar-refractivity contribution < 1.29 is 14.3 Å². The standard InChI is InChI=1S/C22H23ClN2O3S/c1-13-18(27-2)10-15(11-19(13)28-3)22(26)25-8-6-14(7-9-25)21-24-17-12-16(23)4-5-20(17)29-21/h4-5,10-12,14H,6-9H2,1-3H3. The highest BCUT2D eigenvalue weighted by Crippen LogP contribution is 2.36. The van der Waals surface area contributed by atoms with Crippen molar-refractivity contribution in [1.82, 2.24) is 9.88 Å². The van der Waals surface area contributed by atoms with Crippen molar-refractivity contribution in [3.63, 3.8) is 0 Å². The molecule has 1 fully saturated rings. The summed E-state index contributed by atoms with van der Waals surface area (Å²) < 4.78 is 12.0. The van der Waals surface area contributed by atoms with Crippen LogP contribution in [-0.4, -0.2) is 43.1 Å². The summed E-state index contributed by atoms with van der Waals surface area (Å²) in [5.74, 6) is 1.71. The highest BCUT2D eigenvalue weighted by atomic mass is 35.5. The molecular weight excluding hydrogens is 408 g/mol. The monoisotopic (exact) mass is 430 g/mol. The van der Waals surface area contributed by atoms with Gasteiger partial charge in [0, 0.05) is 35.2 Å². The first-order valence-electron chi connectivity index (χ1n) is 9.58. The number of carbonyl (C=O) groups is 1. The van der Waals surface area contributed by atoms with E-state index in [1.165, 1.54) is 0 Å². The summed E-state index contributed by atoms with van der Waals surface area (Å²) in [6.07, 6.45) is 1.80. The molecular formula is C22H23ClN2O3S. The van der Waals surface area contributed by atoms with Gasteiger partial charge in [-0.3, -0.25) is 4.79 Å². The first-order chi connectivity index (χ1) is 14.0. The van der Waals surface area contributed by atoms with Crippen LogP contribution in [0.1, 0.15) is 39.7 Å². The van der Waals surface area contributed by atoms with Crippen molar-refractivity contribution in [2.45, 2.75) is 25.7 Å². The number of amides is 1. The normalized spacial score (nSPS) is 15.0. The van der Waals surface area contributed by atoms with Crippen LogP contribution in [0.3, 0.4) is 0 Å². The van der Waals surface area contributed by atoms with Crippen molar-refractivity contribution in [2.75, 3.05) is 27.3 Å². The fourth-order valence-electron chi connectivity index (χ4n) is 3.81. The number of hydrogen-bond donors (Lipinski definition) is 0. The second-order valence-electron chi connectivity index (χ2n) is 7.24. The lowest BCUT2D eigenvalue weighted by atomic mass is 9.96. The van der Waals surface area contributed by atoms with Crippen molar-refractivity contribution in [1.29, 1.82) is 0 Å². The maximum absolute atomic E-state index is 13.1. The second-order valence-corrected chi connectivity index (χ2v) is 8.74. The van der Waals surface area contributed by atoms with E-state index in [0.29, 0.717) is 41.1 Å². The number of fused-ring (bicyclic) bond motifs is 1. The van der Waals surface area contributed by atoms with E-state index in [9.17, 15) is 4.79 Å². The molecule has 2 aromatic carbocycles. The number of aromatic nitrogens is 1. The molecule has 0 unspecified atom stereocenters. The molecule has 1 aliphatic rings. The molecule has 5 nitrogen and oxygen atoms in total. The molecule has 1 amide bonds. The first-order valence-corrected chi connectivity index (χ1v) is 10.8. The fourth-order valence-corrected chi connectivity index (χ4v) is 5.10. The lowest BCUT2D eigenvalue weighted by Gasteiger charge is -2.31. The van der Waals surface area contributed by atoms with Gasteiger partial charge in [0.25, 0.3) is 5.91 Å². The van der Waals surface area contributed by atoms with E-state index in [1.807, 2.05) is 30.0 Å². The minimum absolute atomic E-state index is 0.0103. The maximum Gasteiger partial charge on any atom is 0.254 e. The number of methoxy groups -OCH3 is 2. The molecule has 152 valence electrons. The highest BCUT2D eigenvalue weighted by molar-refractivity contribution is 7.18. The van der Waals surface area contributed by atoms with Gasteiger partial charge in [0.15, 0.2) is 0 Å². The summed E-state index contributed by atoms with van der Waals surface area (Å²) in [7, 11) is 3.21. The van der Waals surface area contributed by atoms with Crippen molar-refractivity contribution in [3.8, 4) is 11.5 Å². The molecule has 0 bridgehead atoms. The third kappa shape index (κ3) is 3.91. The summed E-state index contributed by atoms with van der Waals surface area (Å²) in [6, 6.07) is 9.42. The predicted molar refractivity (Wildman–Crippen MR) is 117 cm³/mol. The zero-order chi connectivity index (χ0) is 20.5. The zero-order valence-electron chi connectivity index (χ0n) is 16.7. The molecule has 4 rings (SSSR count). The largest absolute Gasteiger partial charge is 0.496 e. The smallest absolute Gasteiger partial charge is 0.254 e. The molecule has 1 aromatic heterocycles. The average molecular weight is 431 g/mol. The molecule has 7 heteroatoms. The Balaban J connectivity index is 1.48. The molecule has 1 aliphatic heterocycles. The van der Waals surface area contributed by atoms with Crippen LogP contribution in [0, 0.1) is 6.92 Å². The van der Waals surface area contributed by atoms with Crippen molar-refractivity contribution >= 4 is 39.1 Å². The highest BCUT2D eigenvalue weighted by Gasteiger charge is 2.27. The number of ether oxygens (including phenoxy) is 2. The number of thiazole rings is 1. The van der Waals surface area contributed by atoms with E-state index in [-0.39, 0.29) is 5.91 Å². The SMILES string of the molecule is COc1cc(C(=O)N2CCC(c3nc4cc(Cl)ccc4s3)CC2)cc(OC)c1C. The molecule has 0 aliphatic carbocycles. The van der Waals surface area contributed by atoms with E-state index < -0.39 is 0 Å². The Morgan fingerprint density at radius 2 is 1.79 bits per heavy atom. The van der Waals surface area contributed by atoms with Crippen LogP contribution in [0.4, 0.5) is 0 Å². The van der Waals surface area contributed by atoms with Gasteiger partial charge >= 0.3 is 0 Å². The van der Waals surface area contributed by atoms with Crippen LogP contribution in [0.2, 0.25) is 5.02 Å². The fraction of sp³-hybridized carbons (Fsp3) is 0.364. The Hall–Kier alpha value is -2.31. The summed E-state index contributed by atoms with van der Waals surface area (Å²) in [6.45, 7) is 3.33. The Kier molecular flexibility index (Phi) is 5.65. The van der Waals surface area contributed by atoms with Crippen molar-refractivity contribution in [3.05, 3.63) is 51.5 Å². The van der Waals surface area contributed by atoms with Gasteiger partial charge in [-0.25, -0.2) is 4.98 Å². The average Bonchev–Trinajstić information content (AvgIpc) is 3.16. The topological polar surface area (TPSA) is 51.7 Å². The lowest BCUT2D eigenvalue weighted by molar-refractivity contribution is 0.0712. The minimum atomic E-state index is 0.0103. The Morgan fingerprint density at radius 1 is 1.14 bits per heavy atom. The number of rotatable bonds is 4. The summed E-state index contributed by atoms with van der Waals surface area (Å²) in [5.41, 5.74) is 2.44. The molecule has 2 heterocycles. The third-order valence-corrected chi connectivity index (χ3v) is 6.93. The van der Waals surface area contributed by atoms with Gasteiger partial charge in [0.2, 0.25) is 0 Å². The number of benzene rings is 2. The molecule has 0 saturated carbocycles. The van der Waals surface area contributed by atoms with Gasteiger partial charge < -0.3 is 14.4 Å². The zero-order valence-corrected chi connectivity index (χ0v) is 18.3. The molecule has 29 heavy (non-hydrogen) atoms. The van der Waals surface area contributed by atoms with Gasteiger partial charge in [0.1, 0.15) is 11.5 Å². The van der Waals surface area contributed by atoms with E-state index in [0.717, 1.165) is 33.6 Å². The van der Waals surface area contributed by atoms with Crippen LogP contribution in [0.5, 0.6) is 11.5 Å². The Labute approximate surface area is 179 Å². The Bertz CT molecular complexity index is 1030. The van der Waals surface area contributed by atoms with Crippen LogP contribution in [0.25, 0.3) is 10.2 Å². The summed E-state index contributed by atoms with van der Waals surface area (Å²) in [5, 5.41) is 1.84. The van der Waals surface area contributed by atoms with Gasteiger partial charge in [-0.05, 0) is 50.1 Å². The number of likely N-dealkylation sites (tertiary alicyclic amines) is 1. The van der Waals surface area contributed by atoms with Gasteiger partial charge in [0.05, 0.1) is 29.4 Å². The minimum Gasteiger partial charge on any atom is -0.496 e.